The van der Waals surface area contributed by atoms with E-state index in [2.05, 4.69) is 32.3 Å². The molecule has 0 aliphatic heterocycles. The minimum absolute atomic E-state index is 0.804. The summed E-state index contributed by atoms with van der Waals surface area (Å²) in [6.45, 7) is 0. The van der Waals surface area contributed by atoms with Gasteiger partial charge in [0.15, 0.2) is 5.13 Å². The number of methoxy groups -OCH3 is 1. The molecule has 0 aliphatic carbocycles. The lowest BCUT2D eigenvalue weighted by molar-refractivity contribution is 0.415. The van der Waals surface area contributed by atoms with Crippen molar-refractivity contribution in [3.8, 4) is 5.75 Å². The van der Waals surface area contributed by atoms with E-state index in [9.17, 15) is 0 Å². The minimum Gasteiger partial charge on any atom is -0.497 e. The Hall–Kier alpha value is -1.59. The molecular weight excluding hydrogens is 324 g/mol. The number of hydrogen-bond donors (Lipinski definition) is 1. The molecule has 1 heterocycles. The number of nitrogens with zero attached hydrogens (tertiary/aromatic N) is 1. The molecule has 0 spiro atoms. The molecular formula is C14H11BrN2OS. The van der Waals surface area contributed by atoms with E-state index in [1.807, 2.05) is 36.4 Å². The molecule has 0 saturated heterocycles. The van der Waals surface area contributed by atoms with Gasteiger partial charge in [0.1, 0.15) is 5.75 Å². The third-order valence-electron chi connectivity index (χ3n) is 2.65. The minimum atomic E-state index is 0.804. The summed E-state index contributed by atoms with van der Waals surface area (Å²) in [6.07, 6.45) is 0. The number of rotatable bonds is 3. The van der Waals surface area contributed by atoms with Crippen LogP contribution in [0, 0.1) is 0 Å². The predicted molar refractivity (Wildman–Crippen MR) is 83.6 cm³/mol. The first-order valence-corrected chi connectivity index (χ1v) is 7.33. The standard InChI is InChI=1S/C14H11BrN2OS/c1-18-11-7-9(15)6-10(8-11)16-14-17-12-4-2-3-5-13(12)19-14/h2-8H,1H3,(H,16,17). The molecule has 0 aliphatic rings. The fraction of sp³-hybridized carbons (Fsp3) is 0.0714. The van der Waals surface area contributed by atoms with Crippen molar-refractivity contribution in [2.75, 3.05) is 12.4 Å². The number of para-hydroxylation sites is 1. The Balaban J connectivity index is 1.94. The Labute approximate surface area is 123 Å². The second kappa shape index (κ2) is 5.19. The number of hydrogen-bond acceptors (Lipinski definition) is 4. The van der Waals surface area contributed by atoms with E-state index in [1.165, 1.54) is 4.70 Å². The Morgan fingerprint density at radius 2 is 2.05 bits per heavy atom. The summed E-state index contributed by atoms with van der Waals surface area (Å²) in [5.74, 6) is 0.804. The van der Waals surface area contributed by atoms with Crippen molar-refractivity contribution in [1.82, 2.24) is 4.98 Å². The molecule has 0 saturated carbocycles. The van der Waals surface area contributed by atoms with E-state index < -0.39 is 0 Å². The van der Waals surface area contributed by atoms with E-state index >= 15 is 0 Å². The Morgan fingerprint density at radius 3 is 2.84 bits per heavy atom. The van der Waals surface area contributed by atoms with E-state index in [0.29, 0.717) is 0 Å². The fourth-order valence-electron chi connectivity index (χ4n) is 1.80. The lowest BCUT2D eigenvalue weighted by Gasteiger charge is -2.06. The number of ether oxygens (including phenoxy) is 1. The summed E-state index contributed by atoms with van der Waals surface area (Å²) < 4.78 is 7.39. The van der Waals surface area contributed by atoms with Gasteiger partial charge in [-0.3, -0.25) is 0 Å². The summed E-state index contributed by atoms with van der Waals surface area (Å²) in [7, 11) is 1.66. The molecule has 1 N–H and O–H groups in total. The predicted octanol–water partition coefficient (Wildman–Crippen LogP) is 4.81. The largest absolute Gasteiger partial charge is 0.497 e. The third kappa shape index (κ3) is 2.72. The van der Waals surface area contributed by atoms with Gasteiger partial charge in [0.05, 0.1) is 17.3 Å². The molecule has 19 heavy (non-hydrogen) atoms. The molecule has 0 unspecified atom stereocenters. The Morgan fingerprint density at radius 1 is 1.21 bits per heavy atom. The second-order valence-electron chi connectivity index (χ2n) is 3.99. The summed E-state index contributed by atoms with van der Waals surface area (Å²) in [5, 5.41) is 4.18. The molecule has 0 amide bonds. The first kappa shape index (κ1) is 12.4. The zero-order valence-electron chi connectivity index (χ0n) is 10.2. The van der Waals surface area contributed by atoms with Crippen LogP contribution in [0.3, 0.4) is 0 Å². The molecule has 3 nitrogen and oxygen atoms in total. The normalized spacial score (nSPS) is 10.6. The molecule has 0 bridgehead atoms. The van der Waals surface area contributed by atoms with Crippen molar-refractivity contribution >= 4 is 48.3 Å². The van der Waals surface area contributed by atoms with Gasteiger partial charge in [-0.2, -0.15) is 0 Å². The van der Waals surface area contributed by atoms with Gasteiger partial charge in [-0.25, -0.2) is 4.98 Å². The number of aromatic nitrogens is 1. The van der Waals surface area contributed by atoms with Crippen molar-refractivity contribution < 1.29 is 4.74 Å². The Kier molecular flexibility index (Phi) is 3.40. The van der Waals surface area contributed by atoms with Crippen LogP contribution in [0.5, 0.6) is 5.75 Å². The van der Waals surface area contributed by atoms with Crippen LogP contribution < -0.4 is 10.1 Å². The lowest BCUT2D eigenvalue weighted by Crippen LogP contribution is -1.91. The number of thiazole rings is 1. The average Bonchev–Trinajstić information content (AvgIpc) is 2.80. The molecule has 3 aromatic rings. The van der Waals surface area contributed by atoms with Gasteiger partial charge in [0, 0.05) is 16.2 Å². The van der Waals surface area contributed by atoms with Gasteiger partial charge in [-0.15, -0.1) is 0 Å². The first-order valence-electron chi connectivity index (χ1n) is 5.72. The fourth-order valence-corrected chi connectivity index (χ4v) is 3.16. The molecule has 0 atom stereocenters. The molecule has 3 rings (SSSR count). The first-order chi connectivity index (χ1) is 9.24. The summed E-state index contributed by atoms with van der Waals surface area (Å²) in [6, 6.07) is 14.0. The van der Waals surface area contributed by atoms with Crippen LogP contribution in [0.2, 0.25) is 0 Å². The maximum atomic E-state index is 5.25. The van der Waals surface area contributed by atoms with Gasteiger partial charge >= 0.3 is 0 Å². The van der Waals surface area contributed by atoms with Gasteiger partial charge in [-0.1, -0.05) is 39.4 Å². The monoisotopic (exact) mass is 334 g/mol. The van der Waals surface area contributed by atoms with Crippen LogP contribution in [0.4, 0.5) is 10.8 Å². The van der Waals surface area contributed by atoms with Gasteiger partial charge in [-0.05, 0) is 24.3 Å². The van der Waals surface area contributed by atoms with Crippen LogP contribution in [-0.2, 0) is 0 Å². The number of benzene rings is 2. The van der Waals surface area contributed by atoms with Crippen LogP contribution in [0.15, 0.2) is 46.9 Å². The lowest BCUT2D eigenvalue weighted by atomic mass is 10.3. The van der Waals surface area contributed by atoms with Crippen molar-refractivity contribution in [2.24, 2.45) is 0 Å². The zero-order chi connectivity index (χ0) is 13.2. The van der Waals surface area contributed by atoms with Gasteiger partial charge in [0.25, 0.3) is 0 Å². The maximum Gasteiger partial charge on any atom is 0.188 e. The van der Waals surface area contributed by atoms with Crippen LogP contribution in [0.1, 0.15) is 0 Å². The van der Waals surface area contributed by atoms with Crippen molar-refractivity contribution in [1.29, 1.82) is 0 Å². The quantitative estimate of drug-likeness (QED) is 0.746. The molecule has 2 aromatic carbocycles. The topological polar surface area (TPSA) is 34.1 Å². The number of fused-ring (bicyclic) bond motifs is 1. The third-order valence-corrected chi connectivity index (χ3v) is 4.06. The van der Waals surface area contributed by atoms with Crippen LogP contribution >= 0.6 is 27.3 Å². The smallest absolute Gasteiger partial charge is 0.188 e. The van der Waals surface area contributed by atoms with Crippen LogP contribution in [0.25, 0.3) is 10.2 Å². The molecule has 0 fully saturated rings. The van der Waals surface area contributed by atoms with Crippen LogP contribution in [-0.4, -0.2) is 12.1 Å². The maximum absolute atomic E-state index is 5.25. The summed E-state index contributed by atoms with van der Waals surface area (Å²) >= 11 is 5.10. The van der Waals surface area contributed by atoms with Gasteiger partial charge < -0.3 is 10.1 Å². The SMILES string of the molecule is COc1cc(Br)cc(Nc2nc3ccccc3s2)c1. The number of anilines is 2. The highest BCUT2D eigenvalue weighted by atomic mass is 79.9. The van der Waals surface area contributed by atoms with Crippen molar-refractivity contribution in [2.45, 2.75) is 0 Å². The number of nitrogens with one attached hydrogen (secondary N) is 1. The summed E-state index contributed by atoms with van der Waals surface area (Å²) in [5.41, 5.74) is 1.96. The molecule has 96 valence electrons. The van der Waals surface area contributed by atoms with E-state index in [-0.39, 0.29) is 0 Å². The second-order valence-corrected chi connectivity index (χ2v) is 5.94. The van der Waals surface area contributed by atoms with Crippen molar-refractivity contribution in [3.63, 3.8) is 0 Å². The van der Waals surface area contributed by atoms with E-state index in [4.69, 9.17) is 4.74 Å². The van der Waals surface area contributed by atoms with E-state index in [1.54, 1.807) is 18.4 Å². The zero-order valence-corrected chi connectivity index (χ0v) is 12.6. The highest BCUT2D eigenvalue weighted by molar-refractivity contribution is 9.10. The molecule has 0 radical (unpaired) electrons. The highest BCUT2D eigenvalue weighted by Gasteiger charge is 2.05. The van der Waals surface area contributed by atoms with E-state index in [0.717, 1.165) is 26.6 Å². The van der Waals surface area contributed by atoms with Gasteiger partial charge in [0.2, 0.25) is 0 Å². The Bertz CT molecular complexity index is 693. The average molecular weight is 335 g/mol. The van der Waals surface area contributed by atoms with Crippen molar-refractivity contribution in [3.05, 3.63) is 46.9 Å². The molecule has 1 aromatic heterocycles. The highest BCUT2D eigenvalue weighted by Crippen LogP contribution is 2.31. The summed E-state index contributed by atoms with van der Waals surface area (Å²) in [4.78, 5) is 4.54. The molecule has 5 heteroatoms. The number of halogens is 1.